The molecule has 3 aromatic rings. The topological polar surface area (TPSA) is 156 Å². The molecule has 0 aliphatic heterocycles. The van der Waals surface area contributed by atoms with Gasteiger partial charge in [0, 0.05) is 0 Å². The minimum Gasteiger partial charge on any atom is -0.463 e. The summed E-state index contributed by atoms with van der Waals surface area (Å²) in [6.07, 6.45) is -0.164. The Morgan fingerprint density at radius 2 is 1.96 bits per heavy atom. The van der Waals surface area contributed by atoms with Gasteiger partial charge < -0.3 is 25.2 Å². The number of nitrogens with one attached hydrogen (secondary N) is 1. The summed E-state index contributed by atoms with van der Waals surface area (Å²) < 4.78 is 17.6. The van der Waals surface area contributed by atoms with Gasteiger partial charge in [-0.1, -0.05) is 30.3 Å². The third kappa shape index (κ3) is 4.29. The first kappa shape index (κ1) is 18.1. The highest BCUT2D eigenvalue weighted by atomic mass is 31.2. The molecule has 1 aromatic carbocycles. The Morgan fingerprint density at radius 1 is 1.23 bits per heavy atom. The first-order chi connectivity index (χ1) is 12.3. The molecule has 3 rings (SSSR count). The zero-order valence-corrected chi connectivity index (χ0v) is 14.6. The molecule has 0 bridgehead atoms. The first-order valence-corrected chi connectivity index (χ1v) is 9.60. The summed E-state index contributed by atoms with van der Waals surface area (Å²) in [4.78, 5) is 40.7. The van der Waals surface area contributed by atoms with Crippen LogP contribution in [-0.4, -0.2) is 42.1 Å². The largest absolute Gasteiger partial charge is 0.463 e. The van der Waals surface area contributed by atoms with Crippen LogP contribution in [0.4, 0.5) is 5.82 Å². The van der Waals surface area contributed by atoms with Crippen LogP contribution in [0.3, 0.4) is 0 Å². The van der Waals surface area contributed by atoms with Crippen molar-refractivity contribution in [3.8, 4) is 6.01 Å². The molecule has 0 spiro atoms. The lowest BCUT2D eigenvalue weighted by atomic mass is 10.2. The second-order valence-corrected chi connectivity index (χ2v) is 7.46. The average Bonchev–Trinajstić information content (AvgIpc) is 2.89. The van der Waals surface area contributed by atoms with E-state index in [0.717, 1.165) is 5.56 Å². The molecule has 26 heavy (non-hydrogen) atoms. The zero-order chi connectivity index (χ0) is 18.7. The number of aromatic nitrogens is 4. The normalized spacial score (nSPS) is 11.8. The SMILES string of the molecule is Nc1nc(OCCCP(=O)(O)O)nc2c1[nH]c(=O)n2Cc1ccccc1. The number of H-pyrrole nitrogens is 1. The fourth-order valence-electron chi connectivity index (χ4n) is 2.44. The molecule has 0 atom stereocenters. The number of nitrogens with two attached hydrogens (primary N) is 1. The number of fused-ring (bicyclic) bond motifs is 1. The van der Waals surface area contributed by atoms with Gasteiger partial charge in [-0.15, -0.1) is 0 Å². The van der Waals surface area contributed by atoms with Crippen molar-refractivity contribution in [2.45, 2.75) is 13.0 Å². The smallest absolute Gasteiger partial charge is 0.328 e. The Balaban J connectivity index is 1.85. The van der Waals surface area contributed by atoms with E-state index in [1.165, 1.54) is 4.57 Å². The van der Waals surface area contributed by atoms with E-state index < -0.39 is 7.60 Å². The second kappa shape index (κ2) is 7.28. The zero-order valence-electron chi connectivity index (χ0n) is 13.7. The number of hydrogen-bond donors (Lipinski definition) is 4. The van der Waals surface area contributed by atoms with Gasteiger partial charge in [0.15, 0.2) is 11.5 Å². The van der Waals surface area contributed by atoms with Crippen molar-refractivity contribution in [1.29, 1.82) is 0 Å². The summed E-state index contributed by atoms with van der Waals surface area (Å²) in [6, 6.07) is 9.33. The Kier molecular flexibility index (Phi) is 5.08. The molecule has 0 saturated carbocycles. The molecule has 11 heteroatoms. The van der Waals surface area contributed by atoms with Crippen LogP contribution in [0, 0.1) is 0 Å². The van der Waals surface area contributed by atoms with Crippen molar-refractivity contribution in [1.82, 2.24) is 19.5 Å². The van der Waals surface area contributed by atoms with Crippen LogP contribution >= 0.6 is 7.60 Å². The fraction of sp³-hybridized carbons (Fsp3) is 0.267. The molecule has 0 aliphatic carbocycles. The molecule has 0 aliphatic rings. The molecular weight excluding hydrogens is 361 g/mol. The van der Waals surface area contributed by atoms with E-state index in [1.54, 1.807) is 0 Å². The van der Waals surface area contributed by atoms with Gasteiger partial charge in [-0.05, 0) is 12.0 Å². The standard InChI is InChI=1S/C15H18N5O5P/c16-12-11-13(19-14(18-12)25-7-4-8-26(22,23)24)20(15(21)17-11)9-10-5-2-1-3-6-10/h1-3,5-6H,4,7-9H2,(H,17,21)(H2,16,18,19)(H2,22,23,24). The number of benzene rings is 1. The Hall–Kier alpha value is -2.68. The van der Waals surface area contributed by atoms with Gasteiger partial charge in [-0.25, -0.2) is 4.79 Å². The third-order valence-electron chi connectivity index (χ3n) is 3.64. The minimum atomic E-state index is -4.08. The van der Waals surface area contributed by atoms with E-state index in [4.69, 9.17) is 20.3 Å². The predicted molar refractivity (Wildman–Crippen MR) is 95.1 cm³/mol. The summed E-state index contributed by atoms with van der Waals surface area (Å²) >= 11 is 0. The summed E-state index contributed by atoms with van der Waals surface area (Å²) in [5.74, 6) is 0.0592. The van der Waals surface area contributed by atoms with Gasteiger partial charge in [0.2, 0.25) is 0 Å². The number of hydrogen-bond acceptors (Lipinski definition) is 6. The number of aromatic amines is 1. The highest BCUT2D eigenvalue weighted by Crippen LogP contribution is 2.34. The van der Waals surface area contributed by atoms with Crippen molar-refractivity contribution in [3.05, 3.63) is 46.4 Å². The molecule has 0 amide bonds. The van der Waals surface area contributed by atoms with Crippen LogP contribution in [0.15, 0.2) is 35.1 Å². The summed E-state index contributed by atoms with van der Waals surface area (Å²) in [5, 5.41) is 0. The number of imidazole rings is 1. The monoisotopic (exact) mass is 379 g/mol. The summed E-state index contributed by atoms with van der Waals surface area (Å²) in [6.45, 7) is 0.317. The van der Waals surface area contributed by atoms with Crippen molar-refractivity contribution in [2.24, 2.45) is 0 Å². The highest BCUT2D eigenvalue weighted by Gasteiger charge is 2.16. The Bertz CT molecular complexity index is 1010. The van der Waals surface area contributed by atoms with Crippen molar-refractivity contribution in [2.75, 3.05) is 18.5 Å². The number of ether oxygens (including phenoxy) is 1. The van der Waals surface area contributed by atoms with Gasteiger partial charge in [0.25, 0.3) is 0 Å². The van der Waals surface area contributed by atoms with E-state index in [-0.39, 0.29) is 36.7 Å². The third-order valence-corrected chi connectivity index (χ3v) is 4.54. The van der Waals surface area contributed by atoms with E-state index in [0.29, 0.717) is 17.7 Å². The van der Waals surface area contributed by atoms with Crippen molar-refractivity contribution in [3.63, 3.8) is 0 Å². The maximum absolute atomic E-state index is 12.2. The van der Waals surface area contributed by atoms with Crippen molar-refractivity contribution >= 4 is 24.6 Å². The molecule has 0 fully saturated rings. The van der Waals surface area contributed by atoms with Gasteiger partial charge in [0.1, 0.15) is 5.52 Å². The van der Waals surface area contributed by atoms with Gasteiger partial charge >= 0.3 is 19.3 Å². The molecular formula is C15H18N5O5P. The van der Waals surface area contributed by atoms with Crippen molar-refractivity contribution < 1.29 is 19.1 Å². The average molecular weight is 379 g/mol. The minimum absolute atomic E-state index is 0.0173. The van der Waals surface area contributed by atoms with Gasteiger partial charge in [0.05, 0.1) is 19.3 Å². The highest BCUT2D eigenvalue weighted by molar-refractivity contribution is 7.51. The van der Waals surface area contributed by atoms with Crippen LogP contribution in [0.1, 0.15) is 12.0 Å². The van der Waals surface area contributed by atoms with E-state index >= 15 is 0 Å². The Morgan fingerprint density at radius 3 is 2.65 bits per heavy atom. The predicted octanol–water partition coefficient (Wildman–Crippen LogP) is 0.697. The second-order valence-electron chi connectivity index (χ2n) is 5.68. The summed E-state index contributed by atoms with van der Waals surface area (Å²) in [7, 11) is -4.08. The van der Waals surface area contributed by atoms with E-state index in [1.807, 2.05) is 30.3 Å². The van der Waals surface area contributed by atoms with E-state index in [9.17, 15) is 9.36 Å². The molecule has 2 heterocycles. The number of nitrogen functional groups attached to an aromatic ring is 1. The molecule has 5 N–H and O–H groups in total. The lowest BCUT2D eigenvalue weighted by Crippen LogP contribution is -2.17. The van der Waals surface area contributed by atoms with Crippen LogP contribution in [0.5, 0.6) is 6.01 Å². The maximum atomic E-state index is 12.2. The lowest BCUT2D eigenvalue weighted by molar-refractivity contribution is 0.288. The first-order valence-electron chi connectivity index (χ1n) is 7.81. The molecule has 0 radical (unpaired) electrons. The maximum Gasteiger partial charge on any atom is 0.328 e. The molecule has 138 valence electrons. The Labute approximate surface area is 147 Å². The fourth-order valence-corrected chi connectivity index (χ4v) is 2.98. The number of nitrogens with zero attached hydrogens (tertiary/aromatic N) is 3. The number of rotatable bonds is 7. The quantitative estimate of drug-likeness (QED) is 0.345. The van der Waals surface area contributed by atoms with Gasteiger partial charge in [-0.3, -0.25) is 9.13 Å². The number of anilines is 1. The van der Waals surface area contributed by atoms with E-state index in [2.05, 4.69) is 15.0 Å². The molecule has 2 aromatic heterocycles. The molecule has 10 nitrogen and oxygen atoms in total. The molecule has 0 unspecified atom stereocenters. The van der Waals surface area contributed by atoms with Gasteiger partial charge in [-0.2, -0.15) is 9.97 Å². The van der Waals surface area contributed by atoms with Crippen LogP contribution in [0.25, 0.3) is 11.2 Å². The van der Waals surface area contributed by atoms with Crippen LogP contribution in [0.2, 0.25) is 0 Å². The van der Waals surface area contributed by atoms with Crippen LogP contribution < -0.4 is 16.2 Å². The summed E-state index contributed by atoms with van der Waals surface area (Å²) in [5.41, 5.74) is 7.02. The van der Waals surface area contributed by atoms with Crippen LogP contribution in [-0.2, 0) is 11.1 Å². The lowest BCUT2D eigenvalue weighted by Gasteiger charge is -2.07. The molecule has 0 saturated heterocycles.